The number of amides is 2. The topological polar surface area (TPSA) is 89.4 Å². The van der Waals surface area contributed by atoms with Crippen LogP contribution in [0.2, 0.25) is 0 Å². The van der Waals surface area contributed by atoms with Gasteiger partial charge < -0.3 is 11.5 Å². The van der Waals surface area contributed by atoms with Crippen molar-refractivity contribution in [2.75, 3.05) is 0 Å². The SMILES string of the molecule is NC(=O)c1cccc(CN2C(C(N)=O)CC3CCCCC32)c1. The maximum Gasteiger partial charge on any atom is 0.248 e. The molecule has 0 radical (unpaired) electrons. The van der Waals surface area contributed by atoms with Gasteiger partial charge in [0.1, 0.15) is 0 Å². The molecule has 3 atom stereocenters. The molecule has 1 aromatic carbocycles. The maximum atomic E-state index is 11.8. The number of likely N-dealkylation sites (tertiary alicyclic amines) is 1. The predicted octanol–water partition coefficient (Wildman–Crippen LogP) is 1.40. The predicted molar refractivity (Wildman–Crippen MR) is 83.8 cm³/mol. The smallest absolute Gasteiger partial charge is 0.248 e. The van der Waals surface area contributed by atoms with E-state index in [0.717, 1.165) is 18.4 Å². The number of carbonyl (C=O) groups excluding carboxylic acids is 2. The standard InChI is InChI=1S/C17H23N3O2/c18-16(21)13-6-3-4-11(8-13)10-20-14-7-2-1-5-12(14)9-15(20)17(19)22/h3-4,6,8,12,14-15H,1-2,5,7,9-10H2,(H2,18,21)(H2,19,22). The second kappa shape index (κ2) is 6.08. The van der Waals surface area contributed by atoms with Gasteiger partial charge in [0.25, 0.3) is 0 Å². The number of primary amides is 2. The number of fused-ring (bicyclic) bond motifs is 1. The monoisotopic (exact) mass is 301 g/mol. The van der Waals surface area contributed by atoms with Crippen LogP contribution in [0.3, 0.4) is 0 Å². The molecule has 3 unspecified atom stereocenters. The van der Waals surface area contributed by atoms with Crippen LogP contribution in [0, 0.1) is 5.92 Å². The summed E-state index contributed by atoms with van der Waals surface area (Å²) >= 11 is 0. The molecule has 2 aliphatic rings. The van der Waals surface area contributed by atoms with Crippen LogP contribution in [-0.2, 0) is 11.3 Å². The fourth-order valence-electron chi connectivity index (χ4n) is 4.09. The van der Waals surface area contributed by atoms with Crippen LogP contribution in [0.4, 0.5) is 0 Å². The average Bonchev–Trinajstić information content (AvgIpc) is 2.87. The summed E-state index contributed by atoms with van der Waals surface area (Å²) in [5.41, 5.74) is 12.5. The quantitative estimate of drug-likeness (QED) is 0.881. The Labute approximate surface area is 130 Å². The zero-order chi connectivity index (χ0) is 15.7. The van der Waals surface area contributed by atoms with E-state index in [1.54, 1.807) is 6.07 Å². The number of rotatable bonds is 4. The van der Waals surface area contributed by atoms with Crippen molar-refractivity contribution in [1.82, 2.24) is 4.90 Å². The Balaban J connectivity index is 1.83. The van der Waals surface area contributed by atoms with Crippen LogP contribution < -0.4 is 11.5 Å². The molecule has 0 bridgehead atoms. The number of hydrogen-bond donors (Lipinski definition) is 2. The van der Waals surface area contributed by atoms with Gasteiger partial charge in [0.15, 0.2) is 0 Å². The summed E-state index contributed by atoms with van der Waals surface area (Å²) in [7, 11) is 0. The summed E-state index contributed by atoms with van der Waals surface area (Å²) in [6.07, 6.45) is 5.65. The Kier molecular flexibility index (Phi) is 4.16. The van der Waals surface area contributed by atoms with E-state index in [1.807, 2.05) is 18.2 Å². The van der Waals surface area contributed by atoms with Gasteiger partial charge in [0.2, 0.25) is 11.8 Å². The molecular weight excluding hydrogens is 278 g/mol. The van der Waals surface area contributed by atoms with Gasteiger partial charge in [-0.1, -0.05) is 25.0 Å². The Bertz CT molecular complexity index is 587. The Hall–Kier alpha value is -1.88. The molecule has 3 rings (SSSR count). The van der Waals surface area contributed by atoms with Crippen molar-refractivity contribution in [3.8, 4) is 0 Å². The van der Waals surface area contributed by atoms with Gasteiger partial charge >= 0.3 is 0 Å². The molecule has 1 aromatic rings. The molecule has 2 fully saturated rings. The number of nitrogens with zero attached hydrogens (tertiary/aromatic N) is 1. The summed E-state index contributed by atoms with van der Waals surface area (Å²) in [6.45, 7) is 0.649. The first-order valence-corrected chi connectivity index (χ1v) is 8.00. The number of hydrogen-bond acceptors (Lipinski definition) is 3. The van der Waals surface area contributed by atoms with Crippen molar-refractivity contribution in [2.24, 2.45) is 17.4 Å². The molecule has 2 amide bonds. The van der Waals surface area contributed by atoms with Gasteiger partial charge in [-0.2, -0.15) is 0 Å². The molecule has 4 N–H and O–H groups in total. The van der Waals surface area contributed by atoms with Crippen molar-refractivity contribution in [2.45, 2.75) is 50.7 Å². The summed E-state index contributed by atoms with van der Waals surface area (Å²) in [5.74, 6) is -0.0868. The van der Waals surface area contributed by atoms with E-state index in [-0.39, 0.29) is 11.9 Å². The third-order valence-corrected chi connectivity index (χ3v) is 5.13. The highest BCUT2D eigenvalue weighted by atomic mass is 16.1. The zero-order valence-corrected chi connectivity index (χ0v) is 12.7. The van der Waals surface area contributed by atoms with Crippen LogP contribution >= 0.6 is 0 Å². The van der Waals surface area contributed by atoms with Crippen LogP contribution in [0.25, 0.3) is 0 Å². The van der Waals surface area contributed by atoms with E-state index in [4.69, 9.17) is 11.5 Å². The molecule has 5 nitrogen and oxygen atoms in total. The van der Waals surface area contributed by atoms with E-state index >= 15 is 0 Å². The number of benzene rings is 1. The van der Waals surface area contributed by atoms with E-state index < -0.39 is 5.91 Å². The number of nitrogens with two attached hydrogens (primary N) is 2. The molecule has 5 heteroatoms. The minimum atomic E-state index is -0.426. The van der Waals surface area contributed by atoms with Gasteiger partial charge in [0.05, 0.1) is 6.04 Å². The highest BCUT2D eigenvalue weighted by molar-refractivity contribution is 5.92. The van der Waals surface area contributed by atoms with E-state index in [2.05, 4.69) is 4.90 Å². The van der Waals surface area contributed by atoms with Gasteiger partial charge in [-0.15, -0.1) is 0 Å². The molecule has 22 heavy (non-hydrogen) atoms. The Morgan fingerprint density at radius 2 is 1.95 bits per heavy atom. The maximum absolute atomic E-state index is 11.8. The molecule has 0 spiro atoms. The lowest BCUT2D eigenvalue weighted by Crippen LogP contribution is -2.44. The van der Waals surface area contributed by atoms with Crippen LogP contribution in [0.5, 0.6) is 0 Å². The molecule has 1 saturated heterocycles. The Morgan fingerprint density at radius 1 is 1.18 bits per heavy atom. The molecule has 118 valence electrons. The van der Waals surface area contributed by atoms with Gasteiger partial charge in [-0.25, -0.2) is 0 Å². The second-order valence-electron chi connectivity index (χ2n) is 6.50. The molecule has 1 heterocycles. The highest BCUT2D eigenvalue weighted by Crippen LogP contribution is 2.40. The Morgan fingerprint density at radius 3 is 2.68 bits per heavy atom. The zero-order valence-electron chi connectivity index (χ0n) is 12.7. The lowest BCUT2D eigenvalue weighted by molar-refractivity contribution is -0.122. The van der Waals surface area contributed by atoms with Crippen molar-refractivity contribution in [1.29, 1.82) is 0 Å². The summed E-state index contributed by atoms with van der Waals surface area (Å²) < 4.78 is 0. The van der Waals surface area contributed by atoms with E-state index in [0.29, 0.717) is 24.1 Å². The molecule has 1 aliphatic carbocycles. The molecule has 1 saturated carbocycles. The van der Waals surface area contributed by atoms with Crippen molar-refractivity contribution in [3.63, 3.8) is 0 Å². The molecule has 1 aliphatic heterocycles. The summed E-state index contributed by atoms with van der Waals surface area (Å²) in [6, 6.07) is 7.58. The van der Waals surface area contributed by atoms with E-state index in [1.165, 1.54) is 19.3 Å². The largest absolute Gasteiger partial charge is 0.368 e. The lowest BCUT2D eigenvalue weighted by Gasteiger charge is -2.33. The van der Waals surface area contributed by atoms with Crippen LogP contribution in [0.1, 0.15) is 48.0 Å². The highest BCUT2D eigenvalue weighted by Gasteiger charge is 2.44. The normalized spacial score (nSPS) is 28.3. The summed E-state index contributed by atoms with van der Waals surface area (Å²) in [5, 5.41) is 0. The van der Waals surface area contributed by atoms with Gasteiger partial charge in [-0.3, -0.25) is 14.5 Å². The lowest BCUT2D eigenvalue weighted by atomic mass is 9.84. The minimum Gasteiger partial charge on any atom is -0.368 e. The second-order valence-corrected chi connectivity index (χ2v) is 6.50. The third kappa shape index (κ3) is 2.86. The van der Waals surface area contributed by atoms with E-state index in [9.17, 15) is 9.59 Å². The number of carbonyl (C=O) groups is 2. The summed E-state index contributed by atoms with van der Waals surface area (Å²) in [4.78, 5) is 25.4. The minimum absolute atomic E-state index is 0.190. The van der Waals surface area contributed by atoms with Crippen LogP contribution in [0.15, 0.2) is 24.3 Å². The van der Waals surface area contributed by atoms with Crippen molar-refractivity contribution in [3.05, 3.63) is 35.4 Å². The first-order chi connectivity index (χ1) is 10.6. The molecule has 0 aromatic heterocycles. The first-order valence-electron chi connectivity index (χ1n) is 8.00. The fraction of sp³-hybridized carbons (Fsp3) is 0.529. The average molecular weight is 301 g/mol. The van der Waals surface area contributed by atoms with Crippen molar-refractivity contribution >= 4 is 11.8 Å². The fourth-order valence-corrected chi connectivity index (χ4v) is 4.09. The first kappa shape index (κ1) is 15.0. The van der Waals surface area contributed by atoms with Crippen molar-refractivity contribution < 1.29 is 9.59 Å². The van der Waals surface area contributed by atoms with Crippen LogP contribution in [-0.4, -0.2) is 28.8 Å². The van der Waals surface area contributed by atoms with Gasteiger partial charge in [-0.05, 0) is 42.9 Å². The van der Waals surface area contributed by atoms with Gasteiger partial charge in [0, 0.05) is 18.2 Å². The molecular formula is C17H23N3O2. The third-order valence-electron chi connectivity index (χ3n) is 5.13.